The van der Waals surface area contributed by atoms with Crippen molar-refractivity contribution in [1.82, 2.24) is 4.90 Å². The first-order valence-electron chi connectivity index (χ1n) is 5.09. The van der Waals surface area contributed by atoms with Gasteiger partial charge in [-0.3, -0.25) is 4.90 Å². The van der Waals surface area contributed by atoms with Crippen molar-refractivity contribution in [2.24, 2.45) is 5.92 Å². The largest absolute Gasteiger partial charge is 0.395 e. The van der Waals surface area contributed by atoms with Crippen LogP contribution in [0.5, 0.6) is 0 Å². The zero-order chi connectivity index (χ0) is 8.97. The van der Waals surface area contributed by atoms with Crippen LogP contribution in [0.25, 0.3) is 0 Å². The number of hydrogen-bond donors (Lipinski definition) is 1. The minimum Gasteiger partial charge on any atom is -0.395 e. The van der Waals surface area contributed by atoms with Crippen LogP contribution >= 0.6 is 0 Å². The molecule has 1 saturated heterocycles. The van der Waals surface area contributed by atoms with Crippen molar-refractivity contribution in [3.63, 3.8) is 0 Å². The Morgan fingerprint density at radius 1 is 1.50 bits per heavy atom. The first-order chi connectivity index (χ1) is 5.74. The molecule has 0 amide bonds. The average molecular weight is 171 g/mol. The van der Waals surface area contributed by atoms with Crippen molar-refractivity contribution in [2.75, 3.05) is 19.7 Å². The Hall–Kier alpha value is -0.0800. The van der Waals surface area contributed by atoms with Gasteiger partial charge in [-0.1, -0.05) is 13.8 Å². The molecule has 0 aromatic heterocycles. The third kappa shape index (κ3) is 2.76. The van der Waals surface area contributed by atoms with E-state index in [4.69, 9.17) is 5.11 Å². The monoisotopic (exact) mass is 171 g/mol. The van der Waals surface area contributed by atoms with Crippen LogP contribution < -0.4 is 0 Å². The third-order valence-electron chi connectivity index (χ3n) is 2.63. The molecule has 1 aliphatic rings. The molecule has 1 rings (SSSR count). The lowest BCUT2D eigenvalue weighted by molar-refractivity contribution is 0.172. The van der Waals surface area contributed by atoms with E-state index in [1.807, 2.05) is 0 Å². The maximum absolute atomic E-state index is 8.84. The van der Waals surface area contributed by atoms with E-state index in [1.54, 1.807) is 0 Å². The van der Waals surface area contributed by atoms with Gasteiger partial charge < -0.3 is 5.11 Å². The van der Waals surface area contributed by atoms with Gasteiger partial charge >= 0.3 is 0 Å². The maximum atomic E-state index is 8.84. The number of aliphatic hydroxyl groups is 1. The molecular formula is C10H21NO. The molecule has 2 nitrogen and oxygen atoms in total. The summed E-state index contributed by atoms with van der Waals surface area (Å²) in [4.78, 5) is 2.43. The number of rotatable bonds is 4. The van der Waals surface area contributed by atoms with Crippen LogP contribution in [-0.4, -0.2) is 35.7 Å². The van der Waals surface area contributed by atoms with Gasteiger partial charge in [0.05, 0.1) is 6.61 Å². The molecule has 1 fully saturated rings. The van der Waals surface area contributed by atoms with Crippen molar-refractivity contribution in [3.8, 4) is 0 Å². The molecule has 2 heteroatoms. The third-order valence-corrected chi connectivity index (χ3v) is 2.63. The molecule has 12 heavy (non-hydrogen) atoms. The first kappa shape index (κ1) is 10.0. The van der Waals surface area contributed by atoms with Gasteiger partial charge in [0.25, 0.3) is 0 Å². The van der Waals surface area contributed by atoms with Gasteiger partial charge in [0.15, 0.2) is 0 Å². The molecule has 0 saturated carbocycles. The molecule has 1 atom stereocenters. The van der Waals surface area contributed by atoms with Crippen LogP contribution in [0, 0.1) is 5.92 Å². The zero-order valence-electron chi connectivity index (χ0n) is 8.29. The summed E-state index contributed by atoms with van der Waals surface area (Å²) in [6.07, 6.45) is 3.94. The standard InChI is InChI=1S/C10H21NO/c1-9(2)8-10-4-3-5-11(10)6-7-12/h9-10,12H,3-8H2,1-2H3/t10-/m1/s1. The van der Waals surface area contributed by atoms with E-state index in [0.29, 0.717) is 6.61 Å². The summed E-state index contributed by atoms with van der Waals surface area (Å²) in [6, 6.07) is 0.747. The highest BCUT2D eigenvalue weighted by molar-refractivity contribution is 4.79. The molecule has 0 unspecified atom stereocenters. The van der Waals surface area contributed by atoms with E-state index in [9.17, 15) is 0 Å². The van der Waals surface area contributed by atoms with Crippen LogP contribution in [0.2, 0.25) is 0 Å². The molecule has 0 radical (unpaired) electrons. The van der Waals surface area contributed by atoms with Gasteiger partial charge in [-0.05, 0) is 31.7 Å². The normalized spacial score (nSPS) is 25.5. The first-order valence-corrected chi connectivity index (χ1v) is 5.09. The fourth-order valence-electron chi connectivity index (χ4n) is 2.13. The average Bonchev–Trinajstić information content (AvgIpc) is 2.37. The number of aliphatic hydroxyl groups excluding tert-OH is 1. The second-order valence-electron chi connectivity index (χ2n) is 4.19. The molecule has 0 aromatic rings. The zero-order valence-corrected chi connectivity index (χ0v) is 8.29. The summed E-state index contributed by atoms with van der Waals surface area (Å²) in [5.74, 6) is 0.786. The van der Waals surface area contributed by atoms with Crippen LogP contribution in [0.3, 0.4) is 0 Å². The van der Waals surface area contributed by atoms with Gasteiger partial charge in [-0.2, -0.15) is 0 Å². The summed E-state index contributed by atoms with van der Waals surface area (Å²) < 4.78 is 0. The fraction of sp³-hybridized carbons (Fsp3) is 1.00. The van der Waals surface area contributed by atoms with Crippen LogP contribution in [0.15, 0.2) is 0 Å². The fourth-order valence-corrected chi connectivity index (χ4v) is 2.13. The Morgan fingerprint density at radius 3 is 2.83 bits per heavy atom. The predicted octanol–water partition coefficient (Wildman–Crippen LogP) is 1.49. The molecule has 0 bridgehead atoms. The van der Waals surface area contributed by atoms with Gasteiger partial charge in [0, 0.05) is 12.6 Å². The quantitative estimate of drug-likeness (QED) is 0.692. The number of nitrogens with zero attached hydrogens (tertiary/aromatic N) is 1. The van der Waals surface area contributed by atoms with E-state index in [2.05, 4.69) is 18.7 Å². The number of β-amino-alcohol motifs (C(OH)–C–C–N with tert-alkyl or cyclic N) is 1. The Balaban J connectivity index is 2.30. The highest BCUT2D eigenvalue weighted by Crippen LogP contribution is 2.22. The molecule has 0 spiro atoms. The maximum Gasteiger partial charge on any atom is 0.0558 e. The topological polar surface area (TPSA) is 23.5 Å². The lowest BCUT2D eigenvalue weighted by Crippen LogP contribution is -2.32. The molecular weight excluding hydrogens is 150 g/mol. The summed E-state index contributed by atoms with van der Waals surface area (Å²) in [5, 5.41) is 8.84. The summed E-state index contributed by atoms with van der Waals surface area (Å²) in [6.45, 7) is 6.93. The van der Waals surface area contributed by atoms with Gasteiger partial charge in [-0.25, -0.2) is 0 Å². The molecule has 1 N–H and O–H groups in total. The van der Waals surface area contributed by atoms with Crippen LogP contribution in [0.4, 0.5) is 0 Å². The SMILES string of the molecule is CC(C)C[C@H]1CCCN1CCO. The molecule has 0 aliphatic carbocycles. The molecule has 1 aliphatic heterocycles. The molecule has 0 aromatic carbocycles. The smallest absolute Gasteiger partial charge is 0.0558 e. The van der Waals surface area contributed by atoms with Crippen molar-refractivity contribution in [1.29, 1.82) is 0 Å². The molecule has 1 heterocycles. The van der Waals surface area contributed by atoms with Gasteiger partial charge in [-0.15, -0.1) is 0 Å². The number of hydrogen-bond acceptors (Lipinski definition) is 2. The summed E-state index contributed by atoms with van der Waals surface area (Å²) in [5.41, 5.74) is 0. The molecule has 72 valence electrons. The lowest BCUT2D eigenvalue weighted by Gasteiger charge is -2.24. The minimum absolute atomic E-state index is 0.314. The Bertz CT molecular complexity index is 125. The van der Waals surface area contributed by atoms with E-state index in [0.717, 1.165) is 18.5 Å². The van der Waals surface area contributed by atoms with Crippen LogP contribution in [-0.2, 0) is 0 Å². The second kappa shape index (κ2) is 4.83. The highest BCUT2D eigenvalue weighted by Gasteiger charge is 2.23. The lowest BCUT2D eigenvalue weighted by atomic mass is 10.0. The Labute approximate surface area is 75.6 Å². The van der Waals surface area contributed by atoms with Gasteiger partial charge in [0.1, 0.15) is 0 Å². The van der Waals surface area contributed by atoms with Crippen LogP contribution in [0.1, 0.15) is 33.1 Å². The van der Waals surface area contributed by atoms with E-state index in [-0.39, 0.29) is 0 Å². The number of likely N-dealkylation sites (tertiary alicyclic amines) is 1. The summed E-state index contributed by atoms with van der Waals surface area (Å²) in [7, 11) is 0. The van der Waals surface area contributed by atoms with Crippen molar-refractivity contribution in [2.45, 2.75) is 39.2 Å². The predicted molar refractivity (Wildman–Crippen MR) is 51.1 cm³/mol. The Kier molecular flexibility index (Phi) is 4.02. The highest BCUT2D eigenvalue weighted by atomic mass is 16.3. The second-order valence-corrected chi connectivity index (χ2v) is 4.19. The minimum atomic E-state index is 0.314. The van der Waals surface area contributed by atoms with E-state index in [1.165, 1.54) is 25.8 Å². The van der Waals surface area contributed by atoms with Gasteiger partial charge in [0.2, 0.25) is 0 Å². The Morgan fingerprint density at radius 2 is 2.25 bits per heavy atom. The van der Waals surface area contributed by atoms with E-state index < -0.39 is 0 Å². The summed E-state index contributed by atoms with van der Waals surface area (Å²) >= 11 is 0. The van der Waals surface area contributed by atoms with Crippen molar-refractivity contribution < 1.29 is 5.11 Å². The van der Waals surface area contributed by atoms with E-state index >= 15 is 0 Å². The van der Waals surface area contributed by atoms with Crippen molar-refractivity contribution in [3.05, 3.63) is 0 Å². The van der Waals surface area contributed by atoms with Crippen molar-refractivity contribution >= 4 is 0 Å².